The van der Waals surface area contributed by atoms with E-state index in [0.717, 1.165) is 19.6 Å². The van der Waals surface area contributed by atoms with Gasteiger partial charge in [0.25, 0.3) is 0 Å². The zero-order chi connectivity index (χ0) is 13.5. The first-order valence-electron chi connectivity index (χ1n) is 7.54. The maximum absolute atomic E-state index is 12.4. The zero-order valence-corrected chi connectivity index (χ0v) is 12.6. The molecule has 1 saturated heterocycles. The number of hydrogen-bond donors (Lipinski definition) is 1. The van der Waals surface area contributed by atoms with Crippen LogP contribution in [0.1, 0.15) is 38.5 Å². The summed E-state index contributed by atoms with van der Waals surface area (Å²) >= 11 is 1.85. The van der Waals surface area contributed by atoms with Crippen LogP contribution in [0.2, 0.25) is 0 Å². The average Bonchev–Trinajstić information content (AvgIpc) is 2.97. The second-order valence-corrected chi connectivity index (χ2v) is 6.82. The third kappa shape index (κ3) is 4.53. The fourth-order valence-corrected chi connectivity index (χ4v) is 4.16. The van der Waals surface area contributed by atoms with Gasteiger partial charge in [0, 0.05) is 17.8 Å². The van der Waals surface area contributed by atoms with Crippen LogP contribution in [0.5, 0.6) is 0 Å². The Balaban J connectivity index is 1.79. The molecule has 1 saturated carbocycles. The summed E-state index contributed by atoms with van der Waals surface area (Å²) in [6, 6.07) is 0.471. The number of nitrogens with zero attached hydrogens (tertiary/aromatic N) is 1. The van der Waals surface area contributed by atoms with E-state index in [1.54, 1.807) is 0 Å². The molecule has 0 bridgehead atoms. The van der Waals surface area contributed by atoms with Crippen molar-refractivity contribution in [1.29, 1.82) is 0 Å². The number of piperidine rings is 1. The zero-order valence-electron chi connectivity index (χ0n) is 11.8. The molecule has 4 heteroatoms. The minimum absolute atomic E-state index is 0.315. The third-order valence-electron chi connectivity index (χ3n) is 4.14. The first-order chi connectivity index (χ1) is 9.31. The highest BCUT2D eigenvalue weighted by Gasteiger charge is 2.26. The van der Waals surface area contributed by atoms with Gasteiger partial charge < -0.3 is 10.2 Å². The van der Waals surface area contributed by atoms with E-state index in [1.165, 1.54) is 38.5 Å². The highest BCUT2D eigenvalue weighted by Crippen LogP contribution is 2.25. The number of carbonyl (C=O) groups excluding carboxylic acids is 1. The van der Waals surface area contributed by atoms with Crippen LogP contribution in [0.15, 0.2) is 12.7 Å². The lowest BCUT2D eigenvalue weighted by Crippen LogP contribution is -2.40. The molecule has 0 radical (unpaired) electrons. The van der Waals surface area contributed by atoms with Gasteiger partial charge in [0.05, 0.1) is 5.75 Å². The van der Waals surface area contributed by atoms with Crippen LogP contribution in [0, 0.1) is 0 Å². The standard InChI is InChI=1S/C15H26N2OS/c1-2-11-17(13-5-3-4-6-13)15(18)12-19-14-7-9-16-10-8-14/h2,13-14,16H,1,3-12H2. The summed E-state index contributed by atoms with van der Waals surface area (Å²) < 4.78 is 0. The molecule has 19 heavy (non-hydrogen) atoms. The number of hydrogen-bond acceptors (Lipinski definition) is 3. The molecule has 3 nitrogen and oxygen atoms in total. The van der Waals surface area contributed by atoms with E-state index in [4.69, 9.17) is 0 Å². The van der Waals surface area contributed by atoms with Gasteiger partial charge in [-0.1, -0.05) is 18.9 Å². The van der Waals surface area contributed by atoms with Crippen LogP contribution in [0.4, 0.5) is 0 Å². The maximum Gasteiger partial charge on any atom is 0.233 e. The molecule has 0 unspecified atom stereocenters. The van der Waals surface area contributed by atoms with Gasteiger partial charge in [-0.15, -0.1) is 18.3 Å². The van der Waals surface area contributed by atoms with Crippen molar-refractivity contribution in [1.82, 2.24) is 10.2 Å². The third-order valence-corrected chi connectivity index (χ3v) is 5.50. The van der Waals surface area contributed by atoms with Gasteiger partial charge in [-0.05, 0) is 38.8 Å². The summed E-state index contributed by atoms with van der Waals surface area (Å²) in [5, 5.41) is 4.03. The Hall–Kier alpha value is -0.480. The largest absolute Gasteiger partial charge is 0.335 e. The molecule has 0 aromatic carbocycles. The predicted octanol–water partition coefficient (Wildman–Crippen LogP) is 2.43. The Labute approximate surface area is 121 Å². The molecular formula is C15H26N2OS. The van der Waals surface area contributed by atoms with Crippen LogP contribution < -0.4 is 5.32 Å². The second-order valence-electron chi connectivity index (χ2n) is 5.53. The average molecular weight is 282 g/mol. The van der Waals surface area contributed by atoms with E-state index >= 15 is 0 Å². The van der Waals surface area contributed by atoms with Gasteiger partial charge in [-0.3, -0.25) is 4.79 Å². The first kappa shape index (κ1) is 14.9. The minimum Gasteiger partial charge on any atom is -0.335 e. The highest BCUT2D eigenvalue weighted by atomic mass is 32.2. The molecule has 1 N–H and O–H groups in total. The fourth-order valence-electron chi connectivity index (χ4n) is 3.04. The van der Waals surface area contributed by atoms with E-state index in [0.29, 0.717) is 23.0 Å². The van der Waals surface area contributed by atoms with Gasteiger partial charge in [0.2, 0.25) is 5.91 Å². The number of thioether (sulfide) groups is 1. The Bertz CT molecular complexity index is 297. The van der Waals surface area contributed by atoms with Crippen molar-refractivity contribution in [3.05, 3.63) is 12.7 Å². The molecule has 1 aliphatic heterocycles. The minimum atomic E-state index is 0.315. The van der Waals surface area contributed by atoms with Crippen molar-refractivity contribution in [3.8, 4) is 0 Å². The summed E-state index contributed by atoms with van der Waals surface area (Å²) in [4.78, 5) is 14.5. The van der Waals surface area contributed by atoms with E-state index in [1.807, 2.05) is 17.8 Å². The van der Waals surface area contributed by atoms with Crippen molar-refractivity contribution in [2.45, 2.75) is 49.8 Å². The monoisotopic (exact) mass is 282 g/mol. The van der Waals surface area contributed by atoms with E-state index in [9.17, 15) is 4.79 Å². The lowest BCUT2D eigenvalue weighted by molar-refractivity contribution is -0.129. The summed E-state index contributed by atoms with van der Waals surface area (Å²) in [5.74, 6) is 0.963. The van der Waals surface area contributed by atoms with Crippen LogP contribution in [-0.2, 0) is 4.79 Å². The van der Waals surface area contributed by atoms with E-state index in [2.05, 4.69) is 16.8 Å². The van der Waals surface area contributed by atoms with Crippen molar-refractivity contribution in [2.24, 2.45) is 0 Å². The smallest absolute Gasteiger partial charge is 0.233 e. The predicted molar refractivity (Wildman–Crippen MR) is 82.5 cm³/mol. The Morgan fingerprint density at radius 2 is 1.95 bits per heavy atom. The lowest BCUT2D eigenvalue weighted by Gasteiger charge is -2.29. The van der Waals surface area contributed by atoms with Crippen molar-refractivity contribution < 1.29 is 4.79 Å². The molecule has 0 aromatic rings. The van der Waals surface area contributed by atoms with Gasteiger partial charge in [0.15, 0.2) is 0 Å². The molecule has 0 atom stereocenters. The van der Waals surface area contributed by atoms with E-state index < -0.39 is 0 Å². The molecule has 108 valence electrons. The van der Waals surface area contributed by atoms with Crippen molar-refractivity contribution >= 4 is 17.7 Å². The number of nitrogens with one attached hydrogen (secondary N) is 1. The molecule has 0 spiro atoms. The summed E-state index contributed by atoms with van der Waals surface area (Å²) in [6.45, 7) is 6.72. The molecule has 1 amide bonds. The highest BCUT2D eigenvalue weighted by molar-refractivity contribution is 8.00. The van der Waals surface area contributed by atoms with Crippen molar-refractivity contribution in [3.63, 3.8) is 0 Å². The fraction of sp³-hybridized carbons (Fsp3) is 0.800. The Morgan fingerprint density at radius 3 is 2.58 bits per heavy atom. The Morgan fingerprint density at radius 1 is 1.26 bits per heavy atom. The molecule has 2 fully saturated rings. The number of carbonyl (C=O) groups is 1. The molecule has 2 rings (SSSR count). The van der Waals surface area contributed by atoms with Crippen molar-refractivity contribution in [2.75, 3.05) is 25.4 Å². The lowest BCUT2D eigenvalue weighted by atomic mass is 10.2. The van der Waals surface area contributed by atoms with E-state index in [-0.39, 0.29) is 0 Å². The van der Waals surface area contributed by atoms with Crippen LogP contribution in [-0.4, -0.2) is 47.5 Å². The second kappa shape index (κ2) is 7.95. The van der Waals surface area contributed by atoms with Crippen LogP contribution in [0.3, 0.4) is 0 Å². The van der Waals surface area contributed by atoms with Crippen LogP contribution >= 0.6 is 11.8 Å². The number of amides is 1. The summed E-state index contributed by atoms with van der Waals surface area (Å²) in [6.07, 6.45) is 9.16. The summed E-state index contributed by atoms with van der Waals surface area (Å²) in [5.41, 5.74) is 0. The van der Waals surface area contributed by atoms with Crippen LogP contribution in [0.25, 0.3) is 0 Å². The molecule has 2 aliphatic rings. The molecular weight excluding hydrogens is 256 g/mol. The van der Waals surface area contributed by atoms with Gasteiger partial charge in [0.1, 0.15) is 0 Å². The Kier molecular flexibility index (Phi) is 6.24. The number of rotatable bonds is 6. The molecule has 0 aromatic heterocycles. The summed E-state index contributed by atoms with van der Waals surface area (Å²) in [7, 11) is 0. The topological polar surface area (TPSA) is 32.3 Å². The SMILES string of the molecule is C=CCN(C(=O)CSC1CCNCC1)C1CCCC1. The maximum atomic E-state index is 12.4. The van der Waals surface area contributed by atoms with Gasteiger partial charge >= 0.3 is 0 Å². The van der Waals surface area contributed by atoms with Gasteiger partial charge in [-0.2, -0.15) is 0 Å². The first-order valence-corrected chi connectivity index (χ1v) is 8.59. The quantitative estimate of drug-likeness (QED) is 0.759. The normalized spacial score (nSPS) is 21.5. The molecule has 1 aliphatic carbocycles. The van der Waals surface area contributed by atoms with Gasteiger partial charge in [-0.25, -0.2) is 0 Å². The molecule has 1 heterocycles.